The van der Waals surface area contributed by atoms with Gasteiger partial charge in [-0.1, -0.05) is 36.0 Å². The van der Waals surface area contributed by atoms with Gasteiger partial charge in [0.2, 0.25) is 5.91 Å². The molecule has 1 heterocycles. The molecule has 3 aromatic rings. The summed E-state index contributed by atoms with van der Waals surface area (Å²) in [6.07, 6.45) is -4.49. The van der Waals surface area contributed by atoms with E-state index < -0.39 is 23.7 Å². The maximum absolute atomic E-state index is 12.8. The predicted octanol–water partition coefficient (Wildman–Crippen LogP) is 4.54. The SMILES string of the molecule is CCn1c(SCC(=O)Nc2cccc(C(F)(F)F)c2)nnc1[C@@H](C)NC(=O)c1ccccc1. The smallest absolute Gasteiger partial charge is 0.342 e. The molecule has 0 aliphatic heterocycles. The summed E-state index contributed by atoms with van der Waals surface area (Å²) < 4.78 is 40.3. The zero-order valence-electron chi connectivity index (χ0n) is 17.9. The van der Waals surface area contributed by atoms with Crippen molar-refractivity contribution < 1.29 is 22.8 Å². The van der Waals surface area contributed by atoms with E-state index in [0.717, 1.165) is 23.9 Å². The van der Waals surface area contributed by atoms with Gasteiger partial charge in [-0.15, -0.1) is 10.2 Å². The Kier molecular flexibility index (Phi) is 7.75. The van der Waals surface area contributed by atoms with E-state index in [9.17, 15) is 22.8 Å². The number of thioether (sulfide) groups is 1. The maximum Gasteiger partial charge on any atom is 0.416 e. The van der Waals surface area contributed by atoms with Crippen LogP contribution in [0.15, 0.2) is 59.8 Å². The summed E-state index contributed by atoms with van der Waals surface area (Å²) in [5, 5.41) is 14.1. The first-order valence-corrected chi connectivity index (χ1v) is 11.1. The molecule has 0 bridgehead atoms. The summed E-state index contributed by atoms with van der Waals surface area (Å²) in [6, 6.07) is 12.8. The summed E-state index contributed by atoms with van der Waals surface area (Å²) in [7, 11) is 0. The number of carbonyl (C=O) groups is 2. The van der Waals surface area contributed by atoms with Crippen molar-refractivity contribution in [3.8, 4) is 0 Å². The van der Waals surface area contributed by atoms with Crippen LogP contribution in [0.5, 0.6) is 0 Å². The average molecular weight is 478 g/mol. The van der Waals surface area contributed by atoms with Crippen molar-refractivity contribution >= 4 is 29.3 Å². The van der Waals surface area contributed by atoms with Gasteiger partial charge in [0.05, 0.1) is 17.4 Å². The molecule has 33 heavy (non-hydrogen) atoms. The number of halogens is 3. The quantitative estimate of drug-likeness (QED) is 0.465. The van der Waals surface area contributed by atoms with Crippen molar-refractivity contribution in [1.82, 2.24) is 20.1 Å². The number of carbonyl (C=O) groups excluding carboxylic acids is 2. The highest BCUT2D eigenvalue weighted by molar-refractivity contribution is 7.99. The number of rotatable bonds is 8. The first kappa shape index (κ1) is 24.3. The normalized spacial score (nSPS) is 12.3. The number of nitrogens with one attached hydrogen (secondary N) is 2. The fraction of sp³-hybridized carbons (Fsp3) is 0.273. The summed E-state index contributed by atoms with van der Waals surface area (Å²) >= 11 is 1.10. The monoisotopic (exact) mass is 477 g/mol. The van der Waals surface area contributed by atoms with E-state index in [0.29, 0.717) is 23.1 Å². The minimum atomic E-state index is -4.49. The number of benzene rings is 2. The highest BCUT2D eigenvalue weighted by Gasteiger charge is 2.30. The van der Waals surface area contributed by atoms with Crippen molar-refractivity contribution in [3.05, 3.63) is 71.5 Å². The predicted molar refractivity (Wildman–Crippen MR) is 119 cm³/mol. The van der Waals surface area contributed by atoms with Gasteiger partial charge in [0.1, 0.15) is 0 Å². The lowest BCUT2D eigenvalue weighted by Gasteiger charge is -2.15. The van der Waals surface area contributed by atoms with Crippen LogP contribution in [0.4, 0.5) is 18.9 Å². The van der Waals surface area contributed by atoms with Crippen LogP contribution in [0.25, 0.3) is 0 Å². The number of alkyl halides is 3. The molecule has 0 saturated heterocycles. The first-order chi connectivity index (χ1) is 15.7. The second-order valence-corrected chi connectivity index (χ2v) is 8.00. The van der Waals surface area contributed by atoms with Gasteiger partial charge in [0, 0.05) is 17.8 Å². The standard InChI is InChI=1S/C22H22F3N5O2S/c1-3-30-19(14(2)26-20(32)15-8-5-4-6-9-15)28-29-21(30)33-13-18(31)27-17-11-7-10-16(12-17)22(23,24)25/h4-12,14H,3,13H2,1-2H3,(H,26,32)(H,27,31)/t14-/m1/s1. The Balaban J connectivity index is 1.62. The van der Waals surface area contributed by atoms with Crippen LogP contribution in [-0.2, 0) is 17.5 Å². The Morgan fingerprint density at radius 2 is 1.82 bits per heavy atom. The molecule has 11 heteroatoms. The molecule has 0 unspecified atom stereocenters. The molecule has 0 aliphatic carbocycles. The lowest BCUT2D eigenvalue weighted by molar-refractivity contribution is -0.137. The summed E-state index contributed by atoms with van der Waals surface area (Å²) in [5.74, 6) is -0.262. The third-order valence-electron chi connectivity index (χ3n) is 4.64. The fourth-order valence-corrected chi connectivity index (χ4v) is 3.87. The van der Waals surface area contributed by atoms with E-state index in [1.165, 1.54) is 12.1 Å². The summed E-state index contributed by atoms with van der Waals surface area (Å²) in [5.41, 5.74) is -0.257. The van der Waals surface area contributed by atoms with Gasteiger partial charge < -0.3 is 15.2 Å². The molecule has 2 aromatic carbocycles. The molecule has 0 saturated carbocycles. The van der Waals surface area contributed by atoms with Crippen LogP contribution in [0, 0.1) is 0 Å². The molecule has 174 valence electrons. The lowest BCUT2D eigenvalue weighted by Crippen LogP contribution is -2.28. The molecule has 1 aromatic heterocycles. The third-order valence-corrected chi connectivity index (χ3v) is 5.61. The van der Waals surface area contributed by atoms with E-state index in [4.69, 9.17) is 0 Å². The van der Waals surface area contributed by atoms with E-state index in [-0.39, 0.29) is 17.3 Å². The number of hydrogen-bond donors (Lipinski definition) is 2. The Hall–Kier alpha value is -3.34. The van der Waals surface area contributed by atoms with E-state index in [1.807, 2.05) is 13.0 Å². The van der Waals surface area contributed by atoms with Crippen LogP contribution in [-0.4, -0.2) is 32.3 Å². The molecule has 0 radical (unpaired) electrons. The number of nitrogens with zero attached hydrogens (tertiary/aromatic N) is 3. The maximum atomic E-state index is 12.8. The van der Waals surface area contributed by atoms with Crippen LogP contribution < -0.4 is 10.6 Å². The van der Waals surface area contributed by atoms with Crippen LogP contribution in [0.2, 0.25) is 0 Å². The molecule has 3 rings (SSSR count). The van der Waals surface area contributed by atoms with Crippen LogP contribution >= 0.6 is 11.8 Å². The van der Waals surface area contributed by atoms with Crippen LogP contribution in [0.3, 0.4) is 0 Å². The van der Waals surface area contributed by atoms with Crippen molar-refractivity contribution in [2.75, 3.05) is 11.1 Å². The summed E-state index contributed by atoms with van der Waals surface area (Å²) in [6.45, 7) is 4.17. The van der Waals surface area contributed by atoms with Crippen molar-refractivity contribution in [1.29, 1.82) is 0 Å². The number of hydrogen-bond acceptors (Lipinski definition) is 5. The lowest BCUT2D eigenvalue weighted by atomic mass is 10.2. The van der Waals surface area contributed by atoms with Gasteiger partial charge in [0.25, 0.3) is 5.91 Å². The second kappa shape index (κ2) is 10.5. The van der Waals surface area contributed by atoms with Gasteiger partial charge in [-0.25, -0.2) is 0 Å². The Morgan fingerprint density at radius 1 is 1.09 bits per heavy atom. The molecule has 7 nitrogen and oxygen atoms in total. The summed E-state index contributed by atoms with van der Waals surface area (Å²) in [4.78, 5) is 24.7. The first-order valence-electron chi connectivity index (χ1n) is 10.1. The molecular weight excluding hydrogens is 455 g/mol. The number of amides is 2. The minimum Gasteiger partial charge on any atom is -0.342 e. The van der Waals surface area contributed by atoms with Crippen molar-refractivity contribution in [3.63, 3.8) is 0 Å². The highest BCUT2D eigenvalue weighted by Crippen LogP contribution is 2.30. The molecule has 0 spiro atoms. The molecule has 2 N–H and O–H groups in total. The van der Waals surface area contributed by atoms with Gasteiger partial charge in [0.15, 0.2) is 11.0 Å². The molecular formula is C22H22F3N5O2S. The van der Waals surface area contributed by atoms with Crippen molar-refractivity contribution in [2.24, 2.45) is 0 Å². The number of aromatic nitrogens is 3. The fourth-order valence-electron chi connectivity index (χ4n) is 3.06. The molecule has 2 amide bonds. The second-order valence-electron chi connectivity index (χ2n) is 7.06. The van der Waals surface area contributed by atoms with Gasteiger partial charge >= 0.3 is 6.18 Å². The van der Waals surface area contributed by atoms with Crippen molar-refractivity contribution in [2.45, 2.75) is 37.8 Å². The largest absolute Gasteiger partial charge is 0.416 e. The molecule has 0 aliphatic rings. The minimum absolute atomic E-state index is 0.0605. The van der Waals surface area contributed by atoms with E-state index >= 15 is 0 Å². The van der Waals surface area contributed by atoms with Gasteiger partial charge in [-0.3, -0.25) is 9.59 Å². The van der Waals surface area contributed by atoms with Gasteiger partial charge in [-0.2, -0.15) is 13.2 Å². The third kappa shape index (κ3) is 6.35. The zero-order chi connectivity index (χ0) is 24.0. The highest BCUT2D eigenvalue weighted by atomic mass is 32.2. The van der Waals surface area contributed by atoms with Gasteiger partial charge in [-0.05, 0) is 44.2 Å². The van der Waals surface area contributed by atoms with E-state index in [1.54, 1.807) is 35.8 Å². The topological polar surface area (TPSA) is 88.9 Å². The molecule has 0 fully saturated rings. The molecule has 1 atom stereocenters. The Morgan fingerprint density at radius 3 is 2.48 bits per heavy atom. The average Bonchev–Trinajstić information content (AvgIpc) is 3.21. The Bertz CT molecular complexity index is 1120. The van der Waals surface area contributed by atoms with E-state index in [2.05, 4.69) is 20.8 Å². The van der Waals surface area contributed by atoms with Crippen LogP contribution in [0.1, 0.15) is 41.6 Å². The number of anilines is 1. The zero-order valence-corrected chi connectivity index (χ0v) is 18.7. The Labute approximate surface area is 192 Å².